The predicted octanol–water partition coefficient (Wildman–Crippen LogP) is 2.06. The Balaban J connectivity index is 1.93. The van der Waals surface area contributed by atoms with E-state index in [1.807, 2.05) is 32.0 Å². The van der Waals surface area contributed by atoms with Crippen LogP contribution in [-0.2, 0) is 4.79 Å². The fourth-order valence-corrected chi connectivity index (χ4v) is 2.08. The molecule has 1 aromatic rings. The average Bonchev–Trinajstić information content (AvgIpc) is 2.34. The molecule has 0 radical (unpaired) electrons. The fourth-order valence-electron chi connectivity index (χ4n) is 2.08. The SMILES string of the molecule is CC(C)[C@H](NC(=O)Nc1ccccc1)C(=O)N1CCC1. The molecule has 2 rings (SSSR count). The van der Waals surface area contributed by atoms with Gasteiger partial charge < -0.3 is 15.5 Å². The molecule has 0 bridgehead atoms. The first kappa shape index (κ1) is 14.4. The zero-order chi connectivity index (χ0) is 14.5. The highest BCUT2D eigenvalue weighted by atomic mass is 16.2. The second-order valence-electron chi connectivity index (χ2n) is 5.37. The lowest BCUT2D eigenvalue weighted by molar-refractivity contribution is -0.137. The third-order valence-corrected chi connectivity index (χ3v) is 3.42. The second kappa shape index (κ2) is 6.41. The van der Waals surface area contributed by atoms with Crippen LogP contribution in [0.25, 0.3) is 0 Å². The number of nitrogens with zero attached hydrogens (tertiary/aromatic N) is 1. The van der Waals surface area contributed by atoms with Gasteiger partial charge in [-0.1, -0.05) is 32.0 Å². The third kappa shape index (κ3) is 3.50. The van der Waals surface area contributed by atoms with Crippen molar-refractivity contribution in [3.8, 4) is 0 Å². The minimum atomic E-state index is -0.473. The molecule has 0 aliphatic carbocycles. The van der Waals surface area contributed by atoms with E-state index in [0.717, 1.165) is 19.5 Å². The van der Waals surface area contributed by atoms with Gasteiger partial charge in [-0.2, -0.15) is 0 Å². The molecule has 1 saturated heterocycles. The number of benzene rings is 1. The van der Waals surface area contributed by atoms with E-state index in [4.69, 9.17) is 0 Å². The van der Waals surface area contributed by atoms with Gasteiger partial charge in [-0.3, -0.25) is 4.79 Å². The molecule has 1 aromatic carbocycles. The Labute approximate surface area is 119 Å². The van der Waals surface area contributed by atoms with Crippen LogP contribution in [0.15, 0.2) is 30.3 Å². The van der Waals surface area contributed by atoms with E-state index < -0.39 is 6.04 Å². The number of carbonyl (C=O) groups excluding carboxylic acids is 2. The maximum atomic E-state index is 12.2. The lowest BCUT2D eigenvalue weighted by atomic mass is 10.0. The third-order valence-electron chi connectivity index (χ3n) is 3.42. The molecule has 0 unspecified atom stereocenters. The lowest BCUT2D eigenvalue weighted by Crippen LogP contribution is -2.55. The summed E-state index contributed by atoms with van der Waals surface area (Å²) in [7, 11) is 0. The number of anilines is 1. The van der Waals surface area contributed by atoms with Crippen LogP contribution in [0.3, 0.4) is 0 Å². The summed E-state index contributed by atoms with van der Waals surface area (Å²) in [6, 6.07) is 8.37. The average molecular weight is 275 g/mol. The van der Waals surface area contributed by atoms with E-state index in [9.17, 15) is 9.59 Å². The Hall–Kier alpha value is -2.04. The maximum absolute atomic E-state index is 12.2. The molecule has 3 amide bonds. The van der Waals surface area contributed by atoms with Crippen molar-refractivity contribution in [1.82, 2.24) is 10.2 Å². The minimum Gasteiger partial charge on any atom is -0.341 e. The van der Waals surface area contributed by atoms with Crippen LogP contribution in [0.4, 0.5) is 10.5 Å². The smallest absolute Gasteiger partial charge is 0.319 e. The van der Waals surface area contributed by atoms with Crippen LogP contribution >= 0.6 is 0 Å². The highest BCUT2D eigenvalue weighted by Crippen LogP contribution is 2.13. The van der Waals surface area contributed by atoms with Crippen LogP contribution < -0.4 is 10.6 Å². The van der Waals surface area contributed by atoms with E-state index in [-0.39, 0.29) is 17.9 Å². The first-order valence-corrected chi connectivity index (χ1v) is 6.99. The molecule has 20 heavy (non-hydrogen) atoms. The molecule has 1 atom stereocenters. The van der Waals surface area contributed by atoms with Crippen LogP contribution in [0.2, 0.25) is 0 Å². The van der Waals surface area contributed by atoms with Crippen LogP contribution in [-0.4, -0.2) is 36.0 Å². The molecule has 1 aliphatic rings. The number of rotatable bonds is 4. The van der Waals surface area contributed by atoms with Crippen molar-refractivity contribution in [1.29, 1.82) is 0 Å². The molecular weight excluding hydrogens is 254 g/mol. The highest BCUT2D eigenvalue weighted by molar-refractivity contribution is 5.94. The summed E-state index contributed by atoms with van der Waals surface area (Å²) < 4.78 is 0. The Kier molecular flexibility index (Phi) is 4.61. The van der Waals surface area contributed by atoms with Gasteiger partial charge in [0.25, 0.3) is 0 Å². The molecule has 0 aromatic heterocycles. The first-order valence-electron chi connectivity index (χ1n) is 6.99. The summed E-state index contributed by atoms with van der Waals surface area (Å²) in [6.07, 6.45) is 1.05. The Bertz CT molecular complexity index is 469. The molecule has 0 spiro atoms. The van der Waals surface area contributed by atoms with E-state index in [1.165, 1.54) is 0 Å². The van der Waals surface area contributed by atoms with Crippen LogP contribution in [0, 0.1) is 5.92 Å². The fraction of sp³-hybridized carbons (Fsp3) is 0.467. The number of urea groups is 1. The van der Waals surface area contributed by atoms with Crippen molar-refractivity contribution in [3.05, 3.63) is 30.3 Å². The van der Waals surface area contributed by atoms with Gasteiger partial charge in [0.1, 0.15) is 6.04 Å². The molecule has 1 fully saturated rings. The zero-order valence-electron chi connectivity index (χ0n) is 11.9. The molecule has 2 N–H and O–H groups in total. The number of amides is 3. The first-order chi connectivity index (χ1) is 9.58. The predicted molar refractivity (Wildman–Crippen MR) is 78.4 cm³/mol. The standard InChI is InChI=1S/C15H21N3O2/c1-11(2)13(14(19)18-9-6-10-18)17-15(20)16-12-7-4-3-5-8-12/h3-5,7-8,11,13H,6,9-10H2,1-2H3,(H2,16,17,20)/t13-/m0/s1. The molecule has 1 aliphatic heterocycles. The summed E-state index contributed by atoms with van der Waals surface area (Å²) in [6.45, 7) is 5.46. The van der Waals surface area contributed by atoms with Gasteiger partial charge in [0.2, 0.25) is 5.91 Å². The van der Waals surface area contributed by atoms with E-state index in [0.29, 0.717) is 5.69 Å². The molecule has 108 valence electrons. The topological polar surface area (TPSA) is 61.4 Å². The second-order valence-corrected chi connectivity index (χ2v) is 5.37. The number of carbonyl (C=O) groups is 2. The number of hydrogen-bond acceptors (Lipinski definition) is 2. The van der Waals surface area contributed by atoms with Crippen molar-refractivity contribution in [2.75, 3.05) is 18.4 Å². The van der Waals surface area contributed by atoms with Crippen molar-refractivity contribution in [2.45, 2.75) is 26.3 Å². The Morgan fingerprint density at radius 3 is 2.30 bits per heavy atom. The Morgan fingerprint density at radius 1 is 1.15 bits per heavy atom. The summed E-state index contributed by atoms with van der Waals surface area (Å²) in [5.41, 5.74) is 0.712. The molecular formula is C15H21N3O2. The number of hydrogen-bond donors (Lipinski definition) is 2. The quantitative estimate of drug-likeness (QED) is 0.883. The molecule has 0 saturated carbocycles. The lowest BCUT2D eigenvalue weighted by Gasteiger charge is -2.35. The van der Waals surface area contributed by atoms with Gasteiger partial charge in [0.15, 0.2) is 0 Å². The Morgan fingerprint density at radius 2 is 1.80 bits per heavy atom. The van der Waals surface area contributed by atoms with Crippen molar-refractivity contribution in [2.24, 2.45) is 5.92 Å². The summed E-state index contributed by atoms with van der Waals surface area (Å²) in [5, 5.41) is 5.51. The van der Waals surface area contributed by atoms with Gasteiger partial charge in [0, 0.05) is 18.8 Å². The van der Waals surface area contributed by atoms with Crippen LogP contribution in [0.5, 0.6) is 0 Å². The minimum absolute atomic E-state index is 0.00876. The van der Waals surface area contributed by atoms with E-state index >= 15 is 0 Å². The molecule has 1 heterocycles. The largest absolute Gasteiger partial charge is 0.341 e. The molecule has 5 nitrogen and oxygen atoms in total. The maximum Gasteiger partial charge on any atom is 0.319 e. The van der Waals surface area contributed by atoms with Crippen LogP contribution in [0.1, 0.15) is 20.3 Å². The summed E-state index contributed by atoms with van der Waals surface area (Å²) in [4.78, 5) is 26.0. The number of para-hydroxylation sites is 1. The molecule has 5 heteroatoms. The van der Waals surface area contributed by atoms with Gasteiger partial charge in [-0.05, 0) is 24.5 Å². The van der Waals surface area contributed by atoms with Crippen molar-refractivity contribution < 1.29 is 9.59 Å². The number of likely N-dealkylation sites (tertiary alicyclic amines) is 1. The highest BCUT2D eigenvalue weighted by Gasteiger charge is 2.31. The van der Waals surface area contributed by atoms with Crippen molar-refractivity contribution >= 4 is 17.6 Å². The summed E-state index contributed by atoms with van der Waals surface area (Å²) >= 11 is 0. The monoisotopic (exact) mass is 275 g/mol. The van der Waals surface area contributed by atoms with Gasteiger partial charge in [-0.15, -0.1) is 0 Å². The zero-order valence-corrected chi connectivity index (χ0v) is 11.9. The van der Waals surface area contributed by atoms with Gasteiger partial charge in [0.05, 0.1) is 0 Å². The van der Waals surface area contributed by atoms with E-state index in [1.54, 1.807) is 17.0 Å². The normalized spacial score (nSPS) is 15.4. The van der Waals surface area contributed by atoms with Gasteiger partial charge in [-0.25, -0.2) is 4.79 Å². The van der Waals surface area contributed by atoms with Crippen molar-refractivity contribution in [3.63, 3.8) is 0 Å². The number of nitrogens with one attached hydrogen (secondary N) is 2. The summed E-state index contributed by atoms with van der Waals surface area (Å²) in [5.74, 6) is 0.0686. The van der Waals surface area contributed by atoms with Gasteiger partial charge >= 0.3 is 6.03 Å². The van der Waals surface area contributed by atoms with E-state index in [2.05, 4.69) is 10.6 Å².